The van der Waals surface area contributed by atoms with Gasteiger partial charge in [0.25, 0.3) is 5.88 Å². The van der Waals surface area contributed by atoms with Gasteiger partial charge >= 0.3 is 11.9 Å². The van der Waals surface area contributed by atoms with Crippen LogP contribution < -0.4 is 4.74 Å². The van der Waals surface area contributed by atoms with Crippen molar-refractivity contribution in [3.05, 3.63) is 11.6 Å². The Balaban J connectivity index is 2.35. The van der Waals surface area contributed by atoms with Crippen molar-refractivity contribution in [3.8, 4) is 5.88 Å². The molecule has 0 radical (unpaired) electrons. The van der Waals surface area contributed by atoms with E-state index in [9.17, 15) is 18.4 Å². The summed E-state index contributed by atoms with van der Waals surface area (Å²) in [7, 11) is 1.13. The maximum absolute atomic E-state index is 14.2. The molecule has 11 heteroatoms. The quantitative estimate of drug-likeness (QED) is 0.681. The van der Waals surface area contributed by atoms with E-state index in [-0.39, 0.29) is 5.92 Å². The predicted molar refractivity (Wildman–Crippen MR) is 89.0 cm³/mol. The molecule has 1 aliphatic heterocycles. The summed E-state index contributed by atoms with van der Waals surface area (Å²) in [5.41, 5.74) is -0.999. The zero-order valence-corrected chi connectivity index (χ0v) is 16.2. The van der Waals surface area contributed by atoms with Gasteiger partial charge in [0.1, 0.15) is 11.5 Å². The molecule has 1 aromatic rings. The third kappa shape index (κ3) is 4.83. The second-order valence-corrected chi connectivity index (χ2v) is 7.06. The second kappa shape index (κ2) is 8.79. The summed E-state index contributed by atoms with van der Waals surface area (Å²) in [5.74, 6) is -4.67. The highest BCUT2D eigenvalue weighted by atomic mass is 32.2. The normalized spacial score (nSPS) is 27.7. The maximum atomic E-state index is 14.2. The molecule has 0 saturated carbocycles. The monoisotopic (exact) mass is 406 g/mol. The van der Waals surface area contributed by atoms with Gasteiger partial charge in [-0.15, -0.1) is 10.2 Å². The van der Waals surface area contributed by atoms with E-state index in [4.69, 9.17) is 14.2 Å². The molecule has 5 unspecified atom stereocenters. The van der Waals surface area contributed by atoms with Crippen LogP contribution in [0.1, 0.15) is 27.7 Å². The highest BCUT2D eigenvalue weighted by molar-refractivity contribution is 7.99. The van der Waals surface area contributed by atoms with Crippen LogP contribution in [0.15, 0.2) is 5.03 Å². The number of methoxy groups -OCH3 is 1. The average molecular weight is 406 g/mol. The van der Waals surface area contributed by atoms with Gasteiger partial charge < -0.3 is 18.9 Å². The van der Waals surface area contributed by atoms with Crippen molar-refractivity contribution in [1.82, 2.24) is 10.2 Å². The number of thioether (sulfide) groups is 1. The zero-order valence-electron chi connectivity index (χ0n) is 15.4. The minimum atomic E-state index is -1.30. The minimum absolute atomic E-state index is 0.307. The Morgan fingerprint density at radius 2 is 1.63 bits per heavy atom. The largest absolute Gasteiger partial charge is 0.478 e. The van der Waals surface area contributed by atoms with Gasteiger partial charge in [0.2, 0.25) is 5.82 Å². The number of esters is 2. The van der Waals surface area contributed by atoms with E-state index >= 15 is 0 Å². The lowest BCUT2D eigenvalue weighted by atomic mass is 9.92. The number of hydrogen-bond acceptors (Lipinski definition) is 9. The van der Waals surface area contributed by atoms with Gasteiger partial charge in [0, 0.05) is 19.8 Å². The molecule has 0 N–H and O–H groups in total. The van der Waals surface area contributed by atoms with Gasteiger partial charge in [0.05, 0.1) is 13.2 Å². The van der Waals surface area contributed by atoms with Crippen LogP contribution in [0.4, 0.5) is 8.78 Å². The third-order valence-electron chi connectivity index (χ3n) is 4.02. The molecule has 8 nitrogen and oxygen atoms in total. The van der Waals surface area contributed by atoms with E-state index in [0.717, 1.165) is 7.11 Å². The van der Waals surface area contributed by atoms with E-state index in [1.165, 1.54) is 13.8 Å². The van der Waals surface area contributed by atoms with Crippen molar-refractivity contribution in [2.75, 3.05) is 7.11 Å². The molecule has 0 spiro atoms. The van der Waals surface area contributed by atoms with Crippen molar-refractivity contribution in [2.45, 2.75) is 56.5 Å². The summed E-state index contributed by atoms with van der Waals surface area (Å²) in [6, 6.07) is 0. The number of hydrogen-bond donors (Lipinski definition) is 0. The van der Waals surface area contributed by atoms with E-state index < -0.39 is 58.2 Å². The first-order valence-electron chi connectivity index (χ1n) is 8.07. The Kier molecular flexibility index (Phi) is 6.93. The minimum Gasteiger partial charge on any atom is -0.478 e. The molecule has 150 valence electrons. The number of aromatic nitrogens is 2. The van der Waals surface area contributed by atoms with Gasteiger partial charge in [-0.2, -0.15) is 4.39 Å². The molecule has 1 fully saturated rings. The molecule has 1 aliphatic rings. The molecule has 2 heterocycles. The summed E-state index contributed by atoms with van der Waals surface area (Å²) in [6.45, 7) is 5.91. The molecule has 0 amide bonds. The first kappa shape index (κ1) is 21.3. The predicted octanol–water partition coefficient (Wildman–Crippen LogP) is 2.10. The molecular formula is C16H20F2N2O6S. The Labute approximate surface area is 158 Å². The lowest BCUT2D eigenvalue weighted by Crippen LogP contribution is -2.54. The van der Waals surface area contributed by atoms with Gasteiger partial charge in [-0.3, -0.25) is 9.59 Å². The Morgan fingerprint density at radius 1 is 1.04 bits per heavy atom. The van der Waals surface area contributed by atoms with E-state index in [0.29, 0.717) is 11.8 Å². The lowest BCUT2D eigenvalue weighted by Gasteiger charge is -2.42. The van der Waals surface area contributed by atoms with Gasteiger partial charge in [0.15, 0.2) is 16.9 Å². The fraction of sp³-hybridized carbons (Fsp3) is 0.625. The SMILES string of the molecule is COc1nnc(SC2OC(C)C(C)C(OC(C)=O)C2OC(C)=O)c(F)c1F. The highest BCUT2D eigenvalue weighted by Crippen LogP contribution is 2.39. The molecule has 5 atom stereocenters. The molecule has 1 aromatic heterocycles. The molecule has 0 aliphatic carbocycles. The van der Waals surface area contributed by atoms with Gasteiger partial charge in [-0.25, -0.2) is 4.39 Å². The number of rotatable bonds is 5. The molecule has 0 aromatic carbocycles. The summed E-state index contributed by atoms with van der Waals surface area (Å²) >= 11 is 0.676. The smallest absolute Gasteiger partial charge is 0.303 e. The van der Waals surface area contributed by atoms with E-state index in [1.54, 1.807) is 13.8 Å². The summed E-state index contributed by atoms with van der Waals surface area (Å²) in [5, 5.41) is 6.64. The van der Waals surface area contributed by atoms with Crippen molar-refractivity contribution in [1.29, 1.82) is 0 Å². The standard InChI is InChI=1S/C16H20F2N2O6S/c1-6-7(2)24-16(13(26-9(4)22)12(6)25-8(3)21)27-15-11(18)10(17)14(23-5)19-20-15/h6-7,12-13,16H,1-5H3. The highest BCUT2D eigenvalue weighted by Gasteiger charge is 2.47. The number of carbonyl (C=O) groups excluding carboxylic acids is 2. The first-order valence-corrected chi connectivity index (χ1v) is 8.95. The van der Waals surface area contributed by atoms with Gasteiger partial charge in [-0.05, 0) is 6.92 Å². The Morgan fingerprint density at radius 3 is 2.19 bits per heavy atom. The third-order valence-corrected chi connectivity index (χ3v) is 5.12. The van der Waals surface area contributed by atoms with E-state index in [1.807, 2.05) is 0 Å². The molecule has 2 rings (SSSR count). The van der Waals surface area contributed by atoms with Crippen molar-refractivity contribution in [2.24, 2.45) is 5.92 Å². The fourth-order valence-electron chi connectivity index (χ4n) is 2.59. The molecule has 27 heavy (non-hydrogen) atoms. The van der Waals surface area contributed by atoms with Crippen LogP contribution in [0.3, 0.4) is 0 Å². The van der Waals surface area contributed by atoms with Crippen LogP contribution in [0, 0.1) is 17.6 Å². The Bertz CT molecular complexity index is 722. The number of halogens is 2. The van der Waals surface area contributed by atoms with Crippen LogP contribution >= 0.6 is 11.8 Å². The maximum Gasteiger partial charge on any atom is 0.303 e. The number of nitrogens with zero attached hydrogens (tertiary/aromatic N) is 2. The van der Waals surface area contributed by atoms with Crippen LogP contribution in [0.25, 0.3) is 0 Å². The average Bonchev–Trinajstić information content (AvgIpc) is 2.59. The second-order valence-electron chi connectivity index (χ2n) is 5.98. The Hall–Kier alpha value is -2.01. The van der Waals surface area contributed by atoms with Crippen molar-refractivity contribution < 1.29 is 37.3 Å². The zero-order chi connectivity index (χ0) is 20.3. The number of ether oxygens (including phenoxy) is 4. The lowest BCUT2D eigenvalue weighted by molar-refractivity contribution is -0.204. The topological polar surface area (TPSA) is 96.8 Å². The number of carbonyl (C=O) groups is 2. The summed E-state index contributed by atoms with van der Waals surface area (Å²) in [6.07, 6.45) is -2.29. The van der Waals surface area contributed by atoms with Crippen molar-refractivity contribution in [3.63, 3.8) is 0 Å². The summed E-state index contributed by atoms with van der Waals surface area (Å²) in [4.78, 5) is 23.0. The fourth-order valence-corrected chi connectivity index (χ4v) is 3.67. The van der Waals surface area contributed by atoms with Crippen LogP contribution in [-0.4, -0.2) is 53.0 Å². The van der Waals surface area contributed by atoms with Crippen molar-refractivity contribution >= 4 is 23.7 Å². The van der Waals surface area contributed by atoms with Gasteiger partial charge in [-0.1, -0.05) is 18.7 Å². The summed E-state index contributed by atoms with van der Waals surface area (Å²) < 4.78 is 49.1. The van der Waals surface area contributed by atoms with Crippen LogP contribution in [0.2, 0.25) is 0 Å². The molecule has 1 saturated heterocycles. The molecular weight excluding hydrogens is 386 g/mol. The van der Waals surface area contributed by atoms with E-state index in [2.05, 4.69) is 14.9 Å². The van der Waals surface area contributed by atoms with Crippen LogP contribution in [-0.2, 0) is 23.8 Å². The van der Waals surface area contributed by atoms with Crippen LogP contribution in [0.5, 0.6) is 5.88 Å². The first-order chi connectivity index (χ1) is 12.6. The molecule has 0 bridgehead atoms.